The number of likely N-dealkylation sites (tertiary alicyclic amines) is 1. The molecular weight excluding hydrogens is 378 g/mol. The third-order valence-corrected chi connectivity index (χ3v) is 5.60. The lowest BCUT2D eigenvalue weighted by Gasteiger charge is -2.25. The summed E-state index contributed by atoms with van der Waals surface area (Å²) >= 11 is 0. The van der Waals surface area contributed by atoms with E-state index in [0.717, 1.165) is 36.0 Å². The van der Waals surface area contributed by atoms with Gasteiger partial charge in [-0.2, -0.15) is 0 Å². The van der Waals surface area contributed by atoms with E-state index in [1.54, 1.807) is 12.0 Å². The molecule has 0 aliphatic carbocycles. The second kappa shape index (κ2) is 9.16. The number of carbonyl (C=O) groups is 2. The molecule has 1 atom stereocenters. The number of hydrogen-bond donors (Lipinski definition) is 1. The zero-order chi connectivity index (χ0) is 21.8. The Bertz CT molecular complexity index is 992. The first-order valence-electron chi connectivity index (χ1n) is 10.4. The summed E-state index contributed by atoms with van der Waals surface area (Å²) in [6.07, 6.45) is 2.77. The maximum Gasteiger partial charge on any atom is 0.295 e. The van der Waals surface area contributed by atoms with Crippen LogP contribution in [0.2, 0.25) is 0 Å². The van der Waals surface area contributed by atoms with E-state index in [2.05, 4.69) is 6.92 Å². The Balaban J connectivity index is 2.18. The van der Waals surface area contributed by atoms with Crippen LogP contribution in [0.15, 0.2) is 48.0 Å². The molecule has 30 heavy (non-hydrogen) atoms. The molecule has 0 bridgehead atoms. The van der Waals surface area contributed by atoms with Gasteiger partial charge in [-0.05, 0) is 49.6 Å². The molecule has 1 aliphatic rings. The van der Waals surface area contributed by atoms with Gasteiger partial charge in [0, 0.05) is 12.1 Å². The summed E-state index contributed by atoms with van der Waals surface area (Å²) in [6.45, 7) is 6.36. The highest BCUT2D eigenvalue weighted by atomic mass is 16.5. The van der Waals surface area contributed by atoms with E-state index in [-0.39, 0.29) is 11.3 Å². The second-order valence-electron chi connectivity index (χ2n) is 7.79. The first-order valence-corrected chi connectivity index (χ1v) is 10.4. The minimum Gasteiger partial charge on any atom is -0.507 e. The van der Waals surface area contributed by atoms with Crippen LogP contribution in [0.1, 0.15) is 54.5 Å². The summed E-state index contributed by atoms with van der Waals surface area (Å²) in [5.41, 5.74) is 3.28. The van der Waals surface area contributed by atoms with Crippen LogP contribution in [0, 0.1) is 13.8 Å². The van der Waals surface area contributed by atoms with Crippen LogP contribution >= 0.6 is 0 Å². The van der Waals surface area contributed by atoms with Crippen molar-refractivity contribution in [3.05, 3.63) is 70.3 Å². The number of rotatable bonds is 7. The van der Waals surface area contributed by atoms with Gasteiger partial charge in [-0.3, -0.25) is 9.59 Å². The van der Waals surface area contributed by atoms with E-state index in [1.165, 1.54) is 0 Å². The largest absolute Gasteiger partial charge is 0.507 e. The molecule has 2 aromatic carbocycles. The number of aliphatic hydroxyl groups is 1. The molecule has 158 valence electrons. The van der Waals surface area contributed by atoms with Gasteiger partial charge >= 0.3 is 0 Å². The number of benzene rings is 2. The summed E-state index contributed by atoms with van der Waals surface area (Å²) < 4.78 is 5.35. The summed E-state index contributed by atoms with van der Waals surface area (Å²) in [7, 11) is 1.58. The molecule has 1 saturated heterocycles. The topological polar surface area (TPSA) is 66.8 Å². The molecule has 3 rings (SSSR count). The SMILES string of the molecule is CCCCCN1C(=O)C(=O)/C(=C(/O)c2cc(C)ccc2C)C1c1cccc(OC)c1. The Kier molecular flexibility index (Phi) is 6.60. The van der Waals surface area contributed by atoms with Crippen molar-refractivity contribution in [1.29, 1.82) is 0 Å². The maximum absolute atomic E-state index is 13.1. The number of methoxy groups -OCH3 is 1. The van der Waals surface area contributed by atoms with E-state index >= 15 is 0 Å². The third-order valence-electron chi connectivity index (χ3n) is 5.60. The van der Waals surface area contributed by atoms with Crippen LogP contribution in [0.3, 0.4) is 0 Å². The standard InChI is InChI=1S/C25H29NO4/c1-5-6-7-13-26-22(18-9-8-10-19(15-18)30-4)21(24(28)25(26)29)23(27)20-14-16(2)11-12-17(20)3/h8-12,14-15,22,27H,5-7,13H2,1-4H3/b23-21+. The van der Waals surface area contributed by atoms with E-state index in [4.69, 9.17) is 4.74 Å². The van der Waals surface area contributed by atoms with Crippen LogP contribution in [0.25, 0.3) is 5.76 Å². The summed E-state index contributed by atoms with van der Waals surface area (Å²) in [4.78, 5) is 27.6. The zero-order valence-corrected chi connectivity index (χ0v) is 18.1. The first-order chi connectivity index (χ1) is 14.4. The van der Waals surface area contributed by atoms with Crippen molar-refractivity contribution in [2.24, 2.45) is 0 Å². The molecule has 0 saturated carbocycles. The Hall–Kier alpha value is -3.08. The highest BCUT2D eigenvalue weighted by molar-refractivity contribution is 6.46. The van der Waals surface area contributed by atoms with Crippen molar-refractivity contribution in [1.82, 2.24) is 4.90 Å². The fraction of sp³-hybridized carbons (Fsp3) is 0.360. The molecule has 5 heteroatoms. The molecule has 5 nitrogen and oxygen atoms in total. The van der Waals surface area contributed by atoms with Crippen molar-refractivity contribution in [2.75, 3.05) is 13.7 Å². The van der Waals surface area contributed by atoms with Gasteiger partial charge in [0.2, 0.25) is 0 Å². The Morgan fingerprint density at radius 2 is 1.87 bits per heavy atom. The maximum atomic E-state index is 13.1. The summed E-state index contributed by atoms with van der Waals surface area (Å²) in [5, 5.41) is 11.2. The average Bonchev–Trinajstić information content (AvgIpc) is 3.00. The minimum absolute atomic E-state index is 0.125. The van der Waals surface area contributed by atoms with Crippen LogP contribution in [0.5, 0.6) is 5.75 Å². The molecular formula is C25H29NO4. The van der Waals surface area contributed by atoms with Crippen molar-refractivity contribution < 1.29 is 19.4 Å². The second-order valence-corrected chi connectivity index (χ2v) is 7.79. The lowest BCUT2D eigenvalue weighted by Crippen LogP contribution is -2.30. The number of Topliss-reactive ketones (excluding diaryl/α,β-unsaturated/α-hetero) is 1. The smallest absolute Gasteiger partial charge is 0.295 e. The van der Waals surface area contributed by atoms with E-state index < -0.39 is 17.7 Å². The predicted molar refractivity (Wildman–Crippen MR) is 117 cm³/mol. The molecule has 1 amide bonds. The molecule has 1 N–H and O–H groups in total. The van der Waals surface area contributed by atoms with Crippen molar-refractivity contribution in [2.45, 2.75) is 46.1 Å². The first kappa shape index (κ1) is 21.6. The molecule has 1 heterocycles. The monoisotopic (exact) mass is 407 g/mol. The highest BCUT2D eigenvalue weighted by Gasteiger charge is 2.46. The van der Waals surface area contributed by atoms with Crippen molar-refractivity contribution in [3.63, 3.8) is 0 Å². The van der Waals surface area contributed by atoms with Gasteiger partial charge in [-0.15, -0.1) is 0 Å². The number of nitrogens with zero attached hydrogens (tertiary/aromatic N) is 1. The summed E-state index contributed by atoms with van der Waals surface area (Å²) in [5.74, 6) is -0.692. The van der Waals surface area contributed by atoms with Gasteiger partial charge in [-0.1, -0.05) is 49.6 Å². The van der Waals surface area contributed by atoms with Crippen LogP contribution < -0.4 is 4.74 Å². The third kappa shape index (κ3) is 4.11. The number of amides is 1. The molecule has 0 radical (unpaired) electrons. The van der Waals surface area contributed by atoms with Gasteiger partial charge in [0.25, 0.3) is 11.7 Å². The normalized spacial score (nSPS) is 18.1. The molecule has 0 aromatic heterocycles. The number of carbonyl (C=O) groups excluding carboxylic acids is 2. The summed E-state index contributed by atoms with van der Waals surface area (Å²) in [6, 6.07) is 12.4. The van der Waals surface area contributed by atoms with Crippen LogP contribution in [-0.4, -0.2) is 35.4 Å². The van der Waals surface area contributed by atoms with Gasteiger partial charge in [0.15, 0.2) is 0 Å². The minimum atomic E-state index is -0.642. The zero-order valence-electron chi connectivity index (χ0n) is 18.1. The van der Waals surface area contributed by atoms with Crippen LogP contribution in [-0.2, 0) is 9.59 Å². The Morgan fingerprint density at radius 1 is 1.10 bits per heavy atom. The van der Waals surface area contributed by atoms with E-state index in [0.29, 0.717) is 17.9 Å². The molecule has 2 aromatic rings. The van der Waals surface area contributed by atoms with Gasteiger partial charge in [0.1, 0.15) is 11.5 Å². The Morgan fingerprint density at radius 3 is 2.57 bits per heavy atom. The van der Waals surface area contributed by atoms with Gasteiger partial charge in [-0.25, -0.2) is 0 Å². The average molecular weight is 408 g/mol. The van der Waals surface area contributed by atoms with Crippen molar-refractivity contribution in [3.8, 4) is 5.75 Å². The highest BCUT2D eigenvalue weighted by Crippen LogP contribution is 2.40. The number of aryl methyl sites for hydroxylation is 2. The number of hydrogen-bond acceptors (Lipinski definition) is 4. The molecule has 1 aliphatic heterocycles. The number of ketones is 1. The quantitative estimate of drug-likeness (QED) is 0.306. The van der Waals surface area contributed by atoms with E-state index in [9.17, 15) is 14.7 Å². The van der Waals surface area contributed by atoms with Gasteiger partial charge < -0.3 is 14.7 Å². The van der Waals surface area contributed by atoms with Crippen molar-refractivity contribution >= 4 is 17.4 Å². The van der Waals surface area contributed by atoms with Gasteiger partial charge in [0.05, 0.1) is 18.7 Å². The molecule has 1 unspecified atom stereocenters. The number of unbranched alkanes of at least 4 members (excludes halogenated alkanes) is 2. The Labute approximate surface area is 178 Å². The fourth-order valence-electron chi connectivity index (χ4n) is 3.94. The molecule has 1 fully saturated rings. The lowest BCUT2D eigenvalue weighted by atomic mass is 9.93. The number of ether oxygens (including phenoxy) is 1. The molecule has 0 spiro atoms. The predicted octanol–water partition coefficient (Wildman–Crippen LogP) is 4.92. The number of aliphatic hydroxyl groups excluding tert-OH is 1. The van der Waals surface area contributed by atoms with E-state index in [1.807, 2.05) is 56.3 Å². The lowest BCUT2D eigenvalue weighted by molar-refractivity contribution is -0.139. The van der Waals surface area contributed by atoms with Crippen LogP contribution in [0.4, 0.5) is 0 Å². The fourth-order valence-corrected chi connectivity index (χ4v) is 3.94.